The second kappa shape index (κ2) is 6.82. The maximum Gasteiger partial charge on any atom is 0.271 e. The summed E-state index contributed by atoms with van der Waals surface area (Å²) >= 11 is 0. The summed E-state index contributed by atoms with van der Waals surface area (Å²) in [4.78, 5) is 19.9. The summed E-state index contributed by atoms with van der Waals surface area (Å²) in [5, 5.41) is 20.9. The van der Waals surface area contributed by atoms with Gasteiger partial charge in [-0.15, -0.1) is 0 Å². The van der Waals surface area contributed by atoms with Crippen LogP contribution in [0.4, 0.5) is 0 Å². The lowest BCUT2D eigenvalue weighted by atomic mass is 9.93. The Kier molecular flexibility index (Phi) is 5.08. The maximum absolute atomic E-state index is 11.9. The predicted octanol–water partition coefficient (Wildman–Crippen LogP) is -0.0139. The van der Waals surface area contributed by atoms with Crippen molar-refractivity contribution in [2.75, 3.05) is 26.4 Å². The second-order valence-corrected chi connectivity index (χ2v) is 5.80. The van der Waals surface area contributed by atoms with Crippen LogP contribution in [0.5, 0.6) is 5.88 Å². The summed E-state index contributed by atoms with van der Waals surface area (Å²) in [7, 11) is 0. The fraction of sp³-hybridized carbons (Fsp3) is 0.643. The highest BCUT2D eigenvalue weighted by atomic mass is 16.5. The molecule has 0 unspecified atom stereocenters. The lowest BCUT2D eigenvalue weighted by Gasteiger charge is -2.24. The molecule has 1 aromatic rings. The van der Waals surface area contributed by atoms with Gasteiger partial charge in [0.2, 0.25) is 5.88 Å². The normalized spacial score (nSPS) is 14.8. The van der Waals surface area contributed by atoms with Crippen LogP contribution in [0, 0.1) is 11.3 Å². The molecule has 1 aliphatic carbocycles. The van der Waals surface area contributed by atoms with Gasteiger partial charge in [-0.2, -0.15) is 0 Å². The number of aliphatic hydroxyl groups excluding tert-OH is 2. The molecular formula is C14H21N3O4. The molecule has 1 saturated carbocycles. The van der Waals surface area contributed by atoms with Gasteiger partial charge >= 0.3 is 0 Å². The third-order valence-electron chi connectivity index (χ3n) is 3.46. The minimum absolute atomic E-state index is 0.153. The van der Waals surface area contributed by atoms with Crippen LogP contribution >= 0.6 is 0 Å². The molecule has 1 aliphatic rings. The van der Waals surface area contributed by atoms with Gasteiger partial charge in [0.05, 0.1) is 32.2 Å². The highest BCUT2D eigenvalue weighted by Gasteiger charge is 2.24. The Morgan fingerprint density at radius 1 is 1.38 bits per heavy atom. The molecule has 0 radical (unpaired) electrons. The van der Waals surface area contributed by atoms with Crippen molar-refractivity contribution < 1.29 is 19.7 Å². The van der Waals surface area contributed by atoms with Crippen LogP contribution in [-0.2, 0) is 0 Å². The molecule has 0 bridgehead atoms. The van der Waals surface area contributed by atoms with Crippen LogP contribution in [0.3, 0.4) is 0 Å². The highest BCUT2D eigenvalue weighted by molar-refractivity contribution is 5.91. The molecule has 7 nitrogen and oxygen atoms in total. The van der Waals surface area contributed by atoms with Crippen molar-refractivity contribution in [3.63, 3.8) is 0 Å². The Hall–Kier alpha value is -1.73. The van der Waals surface area contributed by atoms with Gasteiger partial charge in [-0.05, 0) is 18.8 Å². The molecule has 1 amide bonds. The third kappa shape index (κ3) is 4.64. The van der Waals surface area contributed by atoms with Crippen LogP contribution in [0.15, 0.2) is 12.4 Å². The molecule has 1 aromatic heterocycles. The fourth-order valence-corrected chi connectivity index (χ4v) is 1.54. The molecule has 0 spiro atoms. The van der Waals surface area contributed by atoms with E-state index in [0.717, 1.165) is 0 Å². The number of hydrogen-bond acceptors (Lipinski definition) is 6. The molecule has 7 heteroatoms. The maximum atomic E-state index is 11.9. The quantitative estimate of drug-likeness (QED) is 0.623. The van der Waals surface area contributed by atoms with Gasteiger partial charge in [0.1, 0.15) is 5.69 Å². The van der Waals surface area contributed by atoms with Gasteiger partial charge in [-0.1, -0.05) is 6.92 Å². The van der Waals surface area contributed by atoms with E-state index in [9.17, 15) is 4.79 Å². The van der Waals surface area contributed by atoms with Gasteiger partial charge in [0.15, 0.2) is 0 Å². The highest BCUT2D eigenvalue weighted by Crippen LogP contribution is 2.29. The smallest absolute Gasteiger partial charge is 0.271 e. The minimum Gasteiger partial charge on any atom is -0.476 e. The van der Waals surface area contributed by atoms with Crippen molar-refractivity contribution in [3.05, 3.63) is 18.1 Å². The van der Waals surface area contributed by atoms with E-state index in [1.807, 2.05) is 0 Å². The molecule has 2 rings (SSSR count). The topological polar surface area (TPSA) is 105 Å². The van der Waals surface area contributed by atoms with Gasteiger partial charge in [0.25, 0.3) is 5.91 Å². The lowest BCUT2D eigenvalue weighted by Crippen LogP contribution is -2.40. The number of rotatable bonds is 8. The molecular weight excluding hydrogens is 274 g/mol. The molecule has 0 saturated heterocycles. The van der Waals surface area contributed by atoms with E-state index < -0.39 is 11.3 Å². The summed E-state index contributed by atoms with van der Waals surface area (Å²) in [6.07, 6.45) is 5.17. The number of nitrogens with one attached hydrogen (secondary N) is 1. The van der Waals surface area contributed by atoms with Gasteiger partial charge in [0, 0.05) is 12.0 Å². The third-order valence-corrected chi connectivity index (χ3v) is 3.46. The van der Waals surface area contributed by atoms with Crippen molar-refractivity contribution in [2.24, 2.45) is 11.3 Å². The molecule has 1 fully saturated rings. The van der Waals surface area contributed by atoms with E-state index in [1.54, 1.807) is 6.92 Å². The predicted molar refractivity (Wildman–Crippen MR) is 74.9 cm³/mol. The Labute approximate surface area is 123 Å². The fourth-order valence-electron chi connectivity index (χ4n) is 1.54. The lowest BCUT2D eigenvalue weighted by molar-refractivity contribution is 0.0644. The van der Waals surface area contributed by atoms with E-state index >= 15 is 0 Å². The zero-order valence-corrected chi connectivity index (χ0v) is 12.1. The first kappa shape index (κ1) is 15.7. The van der Waals surface area contributed by atoms with Crippen molar-refractivity contribution >= 4 is 5.91 Å². The van der Waals surface area contributed by atoms with E-state index in [-0.39, 0.29) is 25.5 Å². The van der Waals surface area contributed by atoms with Crippen LogP contribution in [0.25, 0.3) is 0 Å². The Balaban J connectivity index is 1.84. The molecule has 0 aromatic carbocycles. The van der Waals surface area contributed by atoms with Crippen molar-refractivity contribution in [1.29, 1.82) is 0 Å². The summed E-state index contributed by atoms with van der Waals surface area (Å²) < 4.78 is 5.44. The first-order chi connectivity index (χ1) is 10.1. The molecule has 0 atom stereocenters. The van der Waals surface area contributed by atoms with E-state index in [4.69, 9.17) is 14.9 Å². The van der Waals surface area contributed by atoms with Gasteiger partial charge in [-0.25, -0.2) is 9.97 Å². The standard InChI is InChI=1S/C14H21N3O4/c1-14(8-18,9-19)7-17-13(20)11-4-16-12(5-15-11)21-6-10-2-3-10/h4-5,10,18-19H,2-3,6-9H2,1H3,(H,17,20). The first-order valence-corrected chi connectivity index (χ1v) is 7.01. The molecule has 21 heavy (non-hydrogen) atoms. The van der Waals surface area contributed by atoms with Gasteiger partial charge in [-0.3, -0.25) is 4.79 Å². The van der Waals surface area contributed by atoms with E-state index in [2.05, 4.69) is 15.3 Å². The van der Waals surface area contributed by atoms with Crippen LogP contribution in [0.1, 0.15) is 30.3 Å². The minimum atomic E-state index is -0.754. The van der Waals surface area contributed by atoms with Crippen molar-refractivity contribution in [3.8, 4) is 5.88 Å². The Morgan fingerprint density at radius 3 is 2.62 bits per heavy atom. The Bertz CT molecular complexity index is 470. The van der Waals surface area contributed by atoms with Crippen LogP contribution in [0.2, 0.25) is 0 Å². The van der Waals surface area contributed by atoms with Crippen LogP contribution < -0.4 is 10.1 Å². The second-order valence-electron chi connectivity index (χ2n) is 5.80. The summed E-state index contributed by atoms with van der Waals surface area (Å²) in [5.74, 6) is 0.641. The number of amides is 1. The summed E-state index contributed by atoms with van der Waals surface area (Å²) in [6.45, 7) is 2.03. The van der Waals surface area contributed by atoms with E-state index in [1.165, 1.54) is 25.2 Å². The molecule has 0 aliphatic heterocycles. The Morgan fingerprint density at radius 2 is 2.10 bits per heavy atom. The zero-order valence-electron chi connectivity index (χ0n) is 12.1. The summed E-state index contributed by atoms with van der Waals surface area (Å²) in [6, 6.07) is 0. The monoisotopic (exact) mass is 295 g/mol. The SMILES string of the molecule is CC(CO)(CO)CNC(=O)c1cnc(OCC2CC2)cn1. The van der Waals surface area contributed by atoms with Crippen LogP contribution in [-0.4, -0.2) is 52.5 Å². The summed E-state index contributed by atoms with van der Waals surface area (Å²) in [5.41, 5.74) is -0.580. The van der Waals surface area contributed by atoms with Crippen molar-refractivity contribution in [1.82, 2.24) is 15.3 Å². The number of carbonyl (C=O) groups is 1. The molecule has 116 valence electrons. The first-order valence-electron chi connectivity index (χ1n) is 7.01. The number of carbonyl (C=O) groups excluding carboxylic acids is 1. The number of hydrogen-bond donors (Lipinski definition) is 3. The zero-order chi connectivity index (χ0) is 15.3. The number of nitrogens with zero attached hydrogens (tertiary/aromatic N) is 2. The molecule has 3 N–H and O–H groups in total. The van der Waals surface area contributed by atoms with Gasteiger partial charge < -0.3 is 20.3 Å². The average molecular weight is 295 g/mol. The van der Waals surface area contributed by atoms with E-state index in [0.29, 0.717) is 18.4 Å². The van der Waals surface area contributed by atoms with Crippen molar-refractivity contribution in [2.45, 2.75) is 19.8 Å². The largest absolute Gasteiger partial charge is 0.476 e. The number of aliphatic hydroxyl groups is 2. The number of aromatic nitrogens is 2. The number of ether oxygens (including phenoxy) is 1. The molecule has 1 heterocycles. The average Bonchev–Trinajstić information content (AvgIpc) is 3.35.